The predicted octanol–water partition coefficient (Wildman–Crippen LogP) is 3.13. The first kappa shape index (κ1) is 25.2. The van der Waals surface area contributed by atoms with Gasteiger partial charge in [-0.15, -0.1) is 0 Å². The van der Waals surface area contributed by atoms with Gasteiger partial charge in [0.05, 0.1) is 6.21 Å². The summed E-state index contributed by atoms with van der Waals surface area (Å²) in [5.41, 5.74) is 6.60. The molecule has 180 valence electrons. The molecule has 0 aromatic heterocycles. The zero-order valence-electron chi connectivity index (χ0n) is 19.7. The lowest BCUT2D eigenvalue weighted by Gasteiger charge is -2.10. The quantitative estimate of drug-likeness (QED) is 0.253. The molecule has 0 heterocycles. The predicted molar refractivity (Wildman–Crippen MR) is 135 cm³/mol. The maximum atomic E-state index is 12.3. The third-order valence-corrected chi connectivity index (χ3v) is 4.90. The van der Waals surface area contributed by atoms with Crippen molar-refractivity contribution in [2.24, 2.45) is 5.10 Å². The van der Waals surface area contributed by atoms with E-state index >= 15 is 0 Å². The van der Waals surface area contributed by atoms with E-state index in [9.17, 15) is 14.4 Å². The van der Waals surface area contributed by atoms with E-state index in [1.807, 2.05) is 62.4 Å². The molecule has 0 aliphatic carbocycles. The van der Waals surface area contributed by atoms with E-state index in [-0.39, 0.29) is 12.5 Å². The SMILES string of the molecule is Cc1cc(C)cc(NC(=O)COc2ccccc2C=NNC(=O)C(=O)NCCc2ccccc2)c1. The van der Waals surface area contributed by atoms with Crippen LogP contribution >= 0.6 is 0 Å². The molecule has 0 saturated carbocycles. The third kappa shape index (κ3) is 8.43. The fourth-order valence-corrected chi connectivity index (χ4v) is 3.36. The smallest absolute Gasteiger partial charge is 0.329 e. The minimum absolute atomic E-state index is 0.200. The van der Waals surface area contributed by atoms with E-state index in [0.29, 0.717) is 30.0 Å². The van der Waals surface area contributed by atoms with Gasteiger partial charge in [0.15, 0.2) is 6.61 Å². The maximum absolute atomic E-state index is 12.3. The van der Waals surface area contributed by atoms with Crippen LogP contribution in [0.4, 0.5) is 5.69 Å². The number of amides is 3. The number of hydrogen-bond donors (Lipinski definition) is 3. The van der Waals surface area contributed by atoms with Crippen LogP contribution in [0.25, 0.3) is 0 Å². The molecule has 8 heteroatoms. The summed E-state index contributed by atoms with van der Waals surface area (Å²) in [6.45, 7) is 4.05. The highest BCUT2D eigenvalue weighted by atomic mass is 16.5. The average molecular weight is 473 g/mol. The molecule has 8 nitrogen and oxygen atoms in total. The molecule has 3 aromatic carbocycles. The zero-order valence-corrected chi connectivity index (χ0v) is 19.7. The molecule has 3 amide bonds. The van der Waals surface area contributed by atoms with Crippen LogP contribution in [0.3, 0.4) is 0 Å². The minimum Gasteiger partial charge on any atom is -0.483 e. The molecule has 0 unspecified atom stereocenters. The number of nitrogens with one attached hydrogen (secondary N) is 3. The Morgan fingerprint density at radius 3 is 2.31 bits per heavy atom. The van der Waals surface area contributed by atoms with Crippen LogP contribution in [-0.2, 0) is 20.8 Å². The molecular weight excluding hydrogens is 444 g/mol. The topological polar surface area (TPSA) is 109 Å². The lowest BCUT2D eigenvalue weighted by molar-refractivity contribution is -0.139. The van der Waals surface area contributed by atoms with Crippen molar-refractivity contribution in [2.75, 3.05) is 18.5 Å². The Labute approximate surface area is 204 Å². The molecule has 0 bridgehead atoms. The van der Waals surface area contributed by atoms with Crippen molar-refractivity contribution in [3.63, 3.8) is 0 Å². The molecular formula is C27H28N4O4. The Bertz CT molecular complexity index is 1190. The number of ether oxygens (including phenoxy) is 1. The summed E-state index contributed by atoms with van der Waals surface area (Å²) in [4.78, 5) is 36.2. The van der Waals surface area contributed by atoms with Gasteiger partial charge in [0, 0.05) is 17.8 Å². The minimum atomic E-state index is -0.875. The van der Waals surface area contributed by atoms with Gasteiger partial charge in [-0.05, 0) is 61.2 Å². The van der Waals surface area contributed by atoms with E-state index in [1.54, 1.807) is 24.3 Å². The van der Waals surface area contributed by atoms with Gasteiger partial charge in [-0.2, -0.15) is 5.10 Å². The summed E-state index contributed by atoms with van der Waals surface area (Å²) in [5, 5.41) is 9.21. The number of nitrogens with zero attached hydrogens (tertiary/aromatic N) is 1. The Hall–Kier alpha value is -4.46. The summed E-state index contributed by atoms with van der Waals surface area (Å²) in [6, 6.07) is 22.3. The Morgan fingerprint density at radius 1 is 0.886 bits per heavy atom. The molecule has 0 atom stereocenters. The fourth-order valence-electron chi connectivity index (χ4n) is 3.36. The number of para-hydroxylation sites is 1. The van der Waals surface area contributed by atoms with Crippen molar-refractivity contribution in [1.29, 1.82) is 0 Å². The second-order valence-corrected chi connectivity index (χ2v) is 7.94. The molecule has 0 saturated heterocycles. The number of rotatable bonds is 9. The lowest BCUT2D eigenvalue weighted by atomic mass is 10.1. The molecule has 3 N–H and O–H groups in total. The highest BCUT2D eigenvalue weighted by Crippen LogP contribution is 2.17. The van der Waals surface area contributed by atoms with Crippen LogP contribution in [0.1, 0.15) is 22.3 Å². The molecule has 3 rings (SSSR count). The van der Waals surface area contributed by atoms with Gasteiger partial charge in [-0.25, -0.2) is 5.43 Å². The third-order valence-electron chi connectivity index (χ3n) is 4.90. The van der Waals surface area contributed by atoms with E-state index < -0.39 is 11.8 Å². The molecule has 0 spiro atoms. The van der Waals surface area contributed by atoms with Crippen LogP contribution < -0.4 is 20.8 Å². The van der Waals surface area contributed by atoms with Gasteiger partial charge in [-0.1, -0.05) is 48.5 Å². The van der Waals surface area contributed by atoms with Gasteiger partial charge in [0.25, 0.3) is 5.91 Å². The molecule has 3 aromatic rings. The van der Waals surface area contributed by atoms with Gasteiger partial charge in [0.2, 0.25) is 0 Å². The fraction of sp³-hybridized carbons (Fsp3) is 0.185. The van der Waals surface area contributed by atoms with Crippen LogP contribution in [-0.4, -0.2) is 37.1 Å². The molecule has 0 radical (unpaired) electrons. The Kier molecular flexibility index (Phi) is 9.13. The Morgan fingerprint density at radius 2 is 1.57 bits per heavy atom. The number of aryl methyl sites for hydroxylation is 2. The van der Waals surface area contributed by atoms with Crippen LogP contribution in [0.2, 0.25) is 0 Å². The summed E-state index contributed by atoms with van der Waals surface area (Å²) in [6.07, 6.45) is 1.97. The van der Waals surface area contributed by atoms with Gasteiger partial charge >= 0.3 is 11.8 Å². The number of carbonyl (C=O) groups excluding carboxylic acids is 3. The number of carbonyl (C=O) groups is 3. The Balaban J connectivity index is 1.47. The van der Waals surface area contributed by atoms with E-state index in [0.717, 1.165) is 16.7 Å². The molecule has 0 aliphatic heterocycles. The van der Waals surface area contributed by atoms with E-state index in [4.69, 9.17) is 4.74 Å². The summed E-state index contributed by atoms with van der Waals surface area (Å²) in [5.74, 6) is -1.54. The summed E-state index contributed by atoms with van der Waals surface area (Å²) < 4.78 is 5.64. The number of benzene rings is 3. The number of anilines is 1. The second kappa shape index (κ2) is 12.7. The van der Waals surface area contributed by atoms with Crippen LogP contribution in [0.15, 0.2) is 77.9 Å². The standard InChI is InChI=1S/C27H28N4O4/c1-19-14-20(2)16-23(15-19)30-25(32)18-35-24-11-7-6-10-22(24)17-29-31-27(34)26(33)28-13-12-21-8-4-3-5-9-21/h3-11,14-17H,12-13,18H2,1-2H3,(H,28,33)(H,30,32)(H,31,34). The molecule has 35 heavy (non-hydrogen) atoms. The average Bonchev–Trinajstić information content (AvgIpc) is 2.83. The maximum Gasteiger partial charge on any atom is 0.329 e. The van der Waals surface area contributed by atoms with Crippen molar-refractivity contribution in [1.82, 2.24) is 10.7 Å². The molecule has 0 aliphatic rings. The normalized spacial score (nSPS) is 10.6. The first-order chi connectivity index (χ1) is 16.9. The summed E-state index contributed by atoms with van der Waals surface area (Å²) >= 11 is 0. The van der Waals surface area contributed by atoms with Gasteiger partial charge in [0.1, 0.15) is 5.75 Å². The molecule has 0 fully saturated rings. The second-order valence-electron chi connectivity index (χ2n) is 7.94. The number of hydrogen-bond acceptors (Lipinski definition) is 5. The van der Waals surface area contributed by atoms with Crippen molar-refractivity contribution in [2.45, 2.75) is 20.3 Å². The van der Waals surface area contributed by atoms with Crippen LogP contribution in [0.5, 0.6) is 5.75 Å². The van der Waals surface area contributed by atoms with E-state index in [2.05, 4.69) is 21.2 Å². The highest BCUT2D eigenvalue weighted by Gasteiger charge is 2.12. The zero-order chi connectivity index (χ0) is 25.0. The van der Waals surface area contributed by atoms with Crippen molar-refractivity contribution in [3.05, 3.63) is 95.1 Å². The summed E-state index contributed by atoms with van der Waals surface area (Å²) in [7, 11) is 0. The van der Waals surface area contributed by atoms with Gasteiger partial charge in [-0.3, -0.25) is 14.4 Å². The van der Waals surface area contributed by atoms with E-state index in [1.165, 1.54) is 6.21 Å². The monoisotopic (exact) mass is 472 g/mol. The van der Waals surface area contributed by atoms with Crippen molar-refractivity contribution < 1.29 is 19.1 Å². The van der Waals surface area contributed by atoms with Crippen LogP contribution in [0, 0.1) is 13.8 Å². The van der Waals surface area contributed by atoms with Crippen molar-refractivity contribution in [3.8, 4) is 5.75 Å². The first-order valence-electron chi connectivity index (χ1n) is 11.2. The largest absolute Gasteiger partial charge is 0.483 e. The lowest BCUT2D eigenvalue weighted by Crippen LogP contribution is -2.38. The van der Waals surface area contributed by atoms with Crippen molar-refractivity contribution >= 4 is 29.6 Å². The van der Waals surface area contributed by atoms with Gasteiger partial charge < -0.3 is 15.4 Å². The first-order valence-corrected chi connectivity index (χ1v) is 11.2. The number of hydrazone groups is 1. The highest BCUT2D eigenvalue weighted by molar-refractivity contribution is 6.35.